The van der Waals surface area contributed by atoms with Crippen LogP contribution < -0.4 is 5.73 Å². The van der Waals surface area contributed by atoms with E-state index in [0.29, 0.717) is 0 Å². The van der Waals surface area contributed by atoms with Crippen LogP contribution in [0.3, 0.4) is 0 Å². The number of carbonyl (C=O) groups is 1. The smallest absolute Gasteiger partial charge is 0.315 e. The fourth-order valence-corrected chi connectivity index (χ4v) is 3.35. The maximum absolute atomic E-state index is 11.3. The van der Waals surface area contributed by atoms with Crippen molar-refractivity contribution in [1.29, 1.82) is 0 Å². The Morgan fingerprint density at radius 2 is 1.50 bits per heavy atom. The Morgan fingerprint density at radius 1 is 1.07 bits per heavy atom. The number of amides is 2. The first-order chi connectivity index (χ1) is 6.61. The molecule has 0 saturated carbocycles. The number of carbonyl (C=O) groups excluding carboxylic acids is 1. The lowest BCUT2D eigenvalue weighted by molar-refractivity contribution is 0.0813. The first-order valence-corrected chi connectivity index (χ1v) is 5.84. The standard InChI is InChI=1S/C9H14Cl2N2O/c10-5-1-3-7-6(11)2-4-8(5)13(7)9(12)14/h5-8H,1-4H2,(H2,12,14)/t5-,6-,7-,8-/m1/s1. The monoisotopic (exact) mass is 236 g/mol. The molecule has 4 atom stereocenters. The number of hydrogen-bond donors (Lipinski definition) is 1. The topological polar surface area (TPSA) is 46.3 Å². The fraction of sp³-hybridized carbons (Fsp3) is 0.889. The average Bonchev–Trinajstić information content (AvgIpc) is 2.14. The second-order valence-electron chi connectivity index (χ2n) is 4.07. The normalized spacial score (nSPS) is 42.3. The molecule has 0 aromatic heterocycles. The lowest BCUT2D eigenvalue weighted by Gasteiger charge is -2.49. The molecule has 2 aliphatic heterocycles. The van der Waals surface area contributed by atoms with Gasteiger partial charge in [-0.2, -0.15) is 0 Å². The second-order valence-corrected chi connectivity index (χ2v) is 5.19. The Balaban J connectivity index is 2.22. The molecule has 0 spiro atoms. The molecule has 2 fully saturated rings. The van der Waals surface area contributed by atoms with Gasteiger partial charge in [-0.15, -0.1) is 23.2 Å². The van der Waals surface area contributed by atoms with E-state index in [9.17, 15) is 4.79 Å². The number of primary amides is 1. The molecule has 2 aliphatic rings. The SMILES string of the molecule is NC(=O)N1[C@@H]2CC[C@@H](Cl)[C@H]1CC[C@H]2Cl. The largest absolute Gasteiger partial charge is 0.351 e. The zero-order valence-corrected chi connectivity index (χ0v) is 9.34. The molecule has 2 rings (SSSR count). The summed E-state index contributed by atoms with van der Waals surface area (Å²) in [4.78, 5) is 13.0. The minimum absolute atomic E-state index is 0.0444. The first kappa shape index (κ1) is 10.4. The maximum Gasteiger partial charge on any atom is 0.315 e. The summed E-state index contributed by atoms with van der Waals surface area (Å²) in [6.45, 7) is 0. The van der Waals surface area contributed by atoms with Gasteiger partial charge in [0.15, 0.2) is 0 Å². The van der Waals surface area contributed by atoms with Gasteiger partial charge >= 0.3 is 6.03 Å². The van der Waals surface area contributed by atoms with Gasteiger partial charge in [-0.1, -0.05) is 0 Å². The van der Waals surface area contributed by atoms with E-state index >= 15 is 0 Å². The molecule has 0 unspecified atom stereocenters. The van der Waals surface area contributed by atoms with Crippen molar-refractivity contribution in [3.63, 3.8) is 0 Å². The van der Waals surface area contributed by atoms with Crippen LogP contribution in [0.15, 0.2) is 0 Å². The summed E-state index contributed by atoms with van der Waals surface area (Å²) >= 11 is 12.4. The highest BCUT2D eigenvalue weighted by Gasteiger charge is 2.44. The number of nitrogens with zero attached hydrogens (tertiary/aromatic N) is 1. The zero-order valence-electron chi connectivity index (χ0n) is 7.83. The third-order valence-corrected chi connectivity index (χ3v) is 4.30. The summed E-state index contributed by atoms with van der Waals surface area (Å²) in [5.41, 5.74) is 5.35. The van der Waals surface area contributed by atoms with Crippen molar-refractivity contribution >= 4 is 29.2 Å². The summed E-state index contributed by atoms with van der Waals surface area (Å²) in [5, 5.41) is 0.0887. The Kier molecular flexibility index (Phi) is 2.80. The summed E-state index contributed by atoms with van der Waals surface area (Å²) in [6.07, 6.45) is 3.62. The van der Waals surface area contributed by atoms with Crippen molar-refractivity contribution in [3.8, 4) is 0 Å². The Bertz CT molecular complexity index is 231. The zero-order chi connectivity index (χ0) is 10.3. The summed E-state index contributed by atoms with van der Waals surface area (Å²) < 4.78 is 0. The van der Waals surface area contributed by atoms with E-state index in [4.69, 9.17) is 28.9 Å². The highest BCUT2D eigenvalue weighted by Crippen LogP contribution is 2.38. The maximum atomic E-state index is 11.3. The van der Waals surface area contributed by atoms with Crippen LogP contribution in [0.4, 0.5) is 4.79 Å². The van der Waals surface area contributed by atoms with Crippen molar-refractivity contribution in [1.82, 2.24) is 4.90 Å². The number of fused-ring (bicyclic) bond motifs is 2. The van der Waals surface area contributed by atoms with Crippen molar-refractivity contribution in [3.05, 3.63) is 0 Å². The first-order valence-electron chi connectivity index (χ1n) is 4.97. The third kappa shape index (κ3) is 1.57. The predicted octanol–water partition coefficient (Wildman–Crippen LogP) is 1.91. The van der Waals surface area contributed by atoms with Crippen molar-refractivity contribution in [2.24, 2.45) is 5.73 Å². The van der Waals surface area contributed by atoms with E-state index < -0.39 is 0 Å². The van der Waals surface area contributed by atoms with Crippen LogP contribution in [0.25, 0.3) is 0 Å². The van der Waals surface area contributed by atoms with Crippen molar-refractivity contribution < 1.29 is 4.79 Å². The molecule has 14 heavy (non-hydrogen) atoms. The van der Waals surface area contributed by atoms with Gasteiger partial charge in [-0.25, -0.2) is 4.79 Å². The molecular weight excluding hydrogens is 223 g/mol. The molecule has 2 amide bonds. The van der Waals surface area contributed by atoms with Gasteiger partial charge in [0.1, 0.15) is 0 Å². The number of urea groups is 1. The highest BCUT2D eigenvalue weighted by molar-refractivity contribution is 6.22. The molecule has 2 N–H and O–H groups in total. The minimum Gasteiger partial charge on any atom is -0.351 e. The fourth-order valence-electron chi connectivity index (χ4n) is 2.61. The Hall–Kier alpha value is -0.150. The predicted molar refractivity (Wildman–Crippen MR) is 56.7 cm³/mol. The molecule has 0 radical (unpaired) electrons. The van der Waals surface area contributed by atoms with Crippen molar-refractivity contribution in [2.45, 2.75) is 48.5 Å². The molecule has 2 heterocycles. The Labute approximate surface area is 93.5 Å². The Morgan fingerprint density at radius 3 is 1.86 bits per heavy atom. The number of rotatable bonds is 0. The number of halogens is 2. The number of piperidine rings is 2. The van der Waals surface area contributed by atoms with Gasteiger partial charge in [0.05, 0.1) is 22.8 Å². The van der Waals surface area contributed by atoms with Crippen LogP contribution in [-0.2, 0) is 0 Å². The molecule has 0 aromatic carbocycles. The second kappa shape index (κ2) is 3.78. The van der Waals surface area contributed by atoms with E-state index in [2.05, 4.69) is 0 Å². The average molecular weight is 237 g/mol. The van der Waals surface area contributed by atoms with Gasteiger partial charge in [0, 0.05) is 0 Å². The molecule has 2 saturated heterocycles. The van der Waals surface area contributed by atoms with Gasteiger partial charge in [-0.3, -0.25) is 0 Å². The van der Waals surface area contributed by atoms with Crippen LogP contribution in [0, 0.1) is 0 Å². The summed E-state index contributed by atoms with van der Waals surface area (Å²) in [5.74, 6) is 0. The molecule has 2 bridgehead atoms. The van der Waals surface area contributed by atoms with Crippen LogP contribution in [-0.4, -0.2) is 33.8 Å². The molecule has 80 valence electrons. The van der Waals surface area contributed by atoms with Gasteiger partial charge in [0.2, 0.25) is 0 Å². The summed E-state index contributed by atoms with van der Waals surface area (Å²) in [7, 11) is 0. The van der Waals surface area contributed by atoms with Crippen LogP contribution in [0.1, 0.15) is 25.7 Å². The number of nitrogens with two attached hydrogens (primary N) is 1. The van der Waals surface area contributed by atoms with Crippen LogP contribution in [0.2, 0.25) is 0 Å². The lowest BCUT2D eigenvalue weighted by atomic mass is 9.84. The molecule has 0 aliphatic carbocycles. The molecule has 3 nitrogen and oxygen atoms in total. The number of hydrogen-bond acceptors (Lipinski definition) is 1. The van der Waals surface area contributed by atoms with Gasteiger partial charge in [-0.05, 0) is 25.7 Å². The highest BCUT2D eigenvalue weighted by atomic mass is 35.5. The van der Waals surface area contributed by atoms with Crippen LogP contribution >= 0.6 is 23.2 Å². The van der Waals surface area contributed by atoms with E-state index in [1.165, 1.54) is 0 Å². The van der Waals surface area contributed by atoms with E-state index in [0.717, 1.165) is 25.7 Å². The molecule has 0 aromatic rings. The number of alkyl halides is 2. The van der Waals surface area contributed by atoms with E-state index in [-0.39, 0.29) is 28.9 Å². The van der Waals surface area contributed by atoms with Crippen molar-refractivity contribution in [2.75, 3.05) is 0 Å². The third-order valence-electron chi connectivity index (χ3n) is 3.28. The van der Waals surface area contributed by atoms with Crippen LogP contribution in [0.5, 0.6) is 0 Å². The van der Waals surface area contributed by atoms with E-state index in [1.807, 2.05) is 0 Å². The quantitative estimate of drug-likeness (QED) is 0.642. The summed E-state index contributed by atoms with van der Waals surface area (Å²) in [6, 6.07) is -0.179. The van der Waals surface area contributed by atoms with E-state index in [1.54, 1.807) is 4.90 Å². The van der Waals surface area contributed by atoms with Gasteiger partial charge < -0.3 is 10.6 Å². The molecular formula is C9H14Cl2N2O. The van der Waals surface area contributed by atoms with Gasteiger partial charge in [0.25, 0.3) is 0 Å². The lowest BCUT2D eigenvalue weighted by Crippen LogP contribution is -2.61. The minimum atomic E-state index is -0.379. The molecule has 5 heteroatoms.